The standard InChI is InChI=1S/C26H30N4O5/c1-2-33-14-11-30-22-16-20(7-8-23(22)35-25(30)32)19-5-3-18(4-6-19)15-21(17-27)29-24(31)26(28)9-12-34-13-10-26/h3-8,16,21H,2,9-15,28H2,1H3,(H,29,31). The summed E-state index contributed by atoms with van der Waals surface area (Å²) in [5.74, 6) is -0.718. The number of rotatable bonds is 9. The van der Waals surface area contributed by atoms with Crippen LogP contribution in [0.1, 0.15) is 25.3 Å². The second-order valence-corrected chi connectivity index (χ2v) is 8.72. The zero-order valence-electron chi connectivity index (χ0n) is 19.8. The summed E-state index contributed by atoms with van der Waals surface area (Å²) in [5, 5.41) is 12.4. The van der Waals surface area contributed by atoms with Crippen LogP contribution < -0.4 is 16.8 Å². The summed E-state index contributed by atoms with van der Waals surface area (Å²) in [5.41, 5.74) is 9.29. The summed E-state index contributed by atoms with van der Waals surface area (Å²) in [6.07, 6.45) is 1.24. The lowest BCUT2D eigenvalue weighted by Crippen LogP contribution is -2.58. The van der Waals surface area contributed by atoms with Crippen molar-refractivity contribution in [2.75, 3.05) is 26.4 Å². The molecule has 0 radical (unpaired) electrons. The maximum absolute atomic E-state index is 12.7. The predicted molar refractivity (Wildman–Crippen MR) is 131 cm³/mol. The van der Waals surface area contributed by atoms with Crippen LogP contribution in [0.15, 0.2) is 51.7 Å². The van der Waals surface area contributed by atoms with Gasteiger partial charge < -0.3 is 24.9 Å². The number of fused-ring (bicyclic) bond motifs is 1. The highest BCUT2D eigenvalue weighted by Crippen LogP contribution is 2.25. The van der Waals surface area contributed by atoms with Gasteiger partial charge in [-0.3, -0.25) is 9.36 Å². The molecule has 2 heterocycles. The van der Waals surface area contributed by atoms with E-state index < -0.39 is 17.3 Å². The van der Waals surface area contributed by atoms with Crippen LogP contribution in [0.25, 0.3) is 22.2 Å². The predicted octanol–water partition coefficient (Wildman–Crippen LogP) is 2.36. The molecule has 2 aromatic carbocycles. The van der Waals surface area contributed by atoms with Crippen molar-refractivity contribution >= 4 is 17.0 Å². The van der Waals surface area contributed by atoms with Crippen LogP contribution in [0.4, 0.5) is 0 Å². The van der Waals surface area contributed by atoms with E-state index in [1.807, 2.05) is 43.3 Å². The zero-order chi connectivity index (χ0) is 24.8. The third-order valence-corrected chi connectivity index (χ3v) is 6.36. The molecule has 1 unspecified atom stereocenters. The molecule has 35 heavy (non-hydrogen) atoms. The summed E-state index contributed by atoms with van der Waals surface area (Å²) in [6.45, 7) is 4.22. The quantitative estimate of drug-likeness (QED) is 0.451. The summed E-state index contributed by atoms with van der Waals surface area (Å²) in [4.78, 5) is 24.9. The minimum absolute atomic E-state index is 0.312. The molecule has 1 aromatic heterocycles. The molecule has 184 valence electrons. The first-order valence-corrected chi connectivity index (χ1v) is 11.8. The highest BCUT2D eigenvalue weighted by Gasteiger charge is 2.36. The lowest BCUT2D eigenvalue weighted by atomic mass is 9.90. The van der Waals surface area contributed by atoms with Gasteiger partial charge in [0.2, 0.25) is 5.91 Å². The van der Waals surface area contributed by atoms with Crippen LogP contribution in [0.2, 0.25) is 0 Å². The molecular formula is C26H30N4O5. The van der Waals surface area contributed by atoms with Crippen molar-refractivity contribution in [3.8, 4) is 17.2 Å². The molecule has 0 bridgehead atoms. The fraction of sp³-hybridized carbons (Fsp3) is 0.423. The fourth-order valence-electron chi connectivity index (χ4n) is 4.22. The molecule has 1 atom stereocenters. The summed E-state index contributed by atoms with van der Waals surface area (Å²) < 4.78 is 17.6. The fourth-order valence-corrected chi connectivity index (χ4v) is 4.22. The molecule has 9 heteroatoms. The summed E-state index contributed by atoms with van der Waals surface area (Å²) >= 11 is 0. The molecule has 1 aliphatic rings. The number of carbonyl (C=O) groups excluding carboxylic acids is 1. The van der Waals surface area contributed by atoms with Crippen LogP contribution in [0.3, 0.4) is 0 Å². The van der Waals surface area contributed by atoms with Crippen molar-refractivity contribution in [1.82, 2.24) is 9.88 Å². The van der Waals surface area contributed by atoms with Gasteiger partial charge in [-0.05, 0) is 48.6 Å². The first kappa shape index (κ1) is 24.7. The van der Waals surface area contributed by atoms with E-state index in [-0.39, 0.29) is 5.91 Å². The Hall–Kier alpha value is -3.45. The maximum atomic E-state index is 12.7. The van der Waals surface area contributed by atoms with Gasteiger partial charge >= 0.3 is 5.76 Å². The van der Waals surface area contributed by atoms with Crippen molar-refractivity contribution < 1.29 is 18.7 Å². The second-order valence-electron chi connectivity index (χ2n) is 8.72. The SMILES string of the molecule is CCOCCn1c(=O)oc2ccc(-c3ccc(CC(C#N)NC(=O)C4(N)CCOCC4)cc3)cc21. The van der Waals surface area contributed by atoms with Crippen molar-refractivity contribution in [2.45, 2.75) is 44.3 Å². The number of amides is 1. The number of hydrogen-bond acceptors (Lipinski definition) is 7. The number of nitrogens with one attached hydrogen (secondary N) is 1. The van der Waals surface area contributed by atoms with E-state index in [2.05, 4.69) is 11.4 Å². The first-order chi connectivity index (χ1) is 16.9. The number of carbonyl (C=O) groups is 1. The second kappa shape index (κ2) is 10.9. The molecule has 0 spiro atoms. The van der Waals surface area contributed by atoms with Gasteiger partial charge in [0, 0.05) is 26.2 Å². The Kier molecular flexibility index (Phi) is 7.66. The van der Waals surface area contributed by atoms with E-state index >= 15 is 0 Å². The van der Waals surface area contributed by atoms with E-state index in [1.165, 1.54) is 0 Å². The van der Waals surface area contributed by atoms with Gasteiger partial charge in [0.05, 0.1) is 30.3 Å². The van der Waals surface area contributed by atoms with E-state index in [1.54, 1.807) is 10.6 Å². The average Bonchev–Trinajstić information content (AvgIpc) is 3.18. The minimum Gasteiger partial charge on any atom is -0.408 e. The van der Waals surface area contributed by atoms with Gasteiger partial charge in [0.1, 0.15) is 6.04 Å². The number of oxazole rings is 1. The van der Waals surface area contributed by atoms with Crippen LogP contribution >= 0.6 is 0 Å². The highest BCUT2D eigenvalue weighted by molar-refractivity contribution is 5.86. The van der Waals surface area contributed by atoms with E-state index in [4.69, 9.17) is 19.6 Å². The van der Waals surface area contributed by atoms with Crippen molar-refractivity contribution in [2.24, 2.45) is 5.73 Å². The number of nitrogens with zero attached hydrogens (tertiary/aromatic N) is 2. The van der Waals surface area contributed by atoms with E-state index in [0.29, 0.717) is 63.3 Å². The lowest BCUT2D eigenvalue weighted by molar-refractivity contribution is -0.130. The summed E-state index contributed by atoms with van der Waals surface area (Å²) in [7, 11) is 0. The molecular weight excluding hydrogens is 448 g/mol. The smallest absolute Gasteiger partial charge is 0.408 e. The van der Waals surface area contributed by atoms with Gasteiger partial charge in [-0.15, -0.1) is 0 Å². The van der Waals surface area contributed by atoms with Crippen LogP contribution in [0.5, 0.6) is 0 Å². The van der Waals surface area contributed by atoms with Gasteiger partial charge in [-0.1, -0.05) is 30.3 Å². The Bertz CT molecular complexity index is 1270. The van der Waals surface area contributed by atoms with E-state index in [0.717, 1.165) is 16.7 Å². The Morgan fingerprint density at radius 2 is 1.94 bits per heavy atom. The van der Waals surface area contributed by atoms with Gasteiger partial charge in [-0.2, -0.15) is 5.26 Å². The first-order valence-electron chi connectivity index (χ1n) is 11.8. The molecule has 1 saturated heterocycles. The van der Waals surface area contributed by atoms with Crippen molar-refractivity contribution in [1.29, 1.82) is 5.26 Å². The van der Waals surface area contributed by atoms with Gasteiger partial charge in [0.15, 0.2) is 5.58 Å². The lowest BCUT2D eigenvalue weighted by Gasteiger charge is -2.32. The zero-order valence-corrected chi connectivity index (χ0v) is 19.8. The molecule has 0 aliphatic carbocycles. The Morgan fingerprint density at radius 1 is 1.23 bits per heavy atom. The topological polar surface area (TPSA) is 133 Å². The number of benzene rings is 2. The molecule has 1 fully saturated rings. The molecule has 3 N–H and O–H groups in total. The third-order valence-electron chi connectivity index (χ3n) is 6.36. The average molecular weight is 479 g/mol. The number of hydrogen-bond donors (Lipinski definition) is 2. The molecule has 4 rings (SSSR count). The maximum Gasteiger partial charge on any atom is 0.420 e. The Morgan fingerprint density at radius 3 is 2.63 bits per heavy atom. The van der Waals surface area contributed by atoms with Gasteiger partial charge in [0.25, 0.3) is 0 Å². The monoisotopic (exact) mass is 478 g/mol. The van der Waals surface area contributed by atoms with Crippen LogP contribution in [-0.2, 0) is 27.2 Å². The van der Waals surface area contributed by atoms with Gasteiger partial charge in [-0.25, -0.2) is 4.79 Å². The van der Waals surface area contributed by atoms with Crippen LogP contribution in [-0.4, -0.2) is 48.5 Å². The highest BCUT2D eigenvalue weighted by atomic mass is 16.5. The summed E-state index contributed by atoms with van der Waals surface area (Å²) in [6, 6.07) is 14.9. The molecule has 0 saturated carbocycles. The third kappa shape index (κ3) is 5.62. The number of aromatic nitrogens is 1. The largest absolute Gasteiger partial charge is 0.420 e. The Labute approximate surface area is 203 Å². The number of nitrogens with two attached hydrogens (primary N) is 1. The van der Waals surface area contributed by atoms with Crippen molar-refractivity contribution in [3.63, 3.8) is 0 Å². The van der Waals surface area contributed by atoms with Crippen molar-refractivity contribution in [3.05, 3.63) is 58.6 Å². The number of ether oxygens (including phenoxy) is 2. The van der Waals surface area contributed by atoms with E-state index in [9.17, 15) is 14.9 Å². The molecule has 3 aromatic rings. The molecule has 1 amide bonds. The molecule has 9 nitrogen and oxygen atoms in total. The van der Waals surface area contributed by atoms with Crippen LogP contribution in [0, 0.1) is 11.3 Å². The number of nitriles is 1. The normalized spacial score (nSPS) is 16.0. The Balaban J connectivity index is 1.46. The minimum atomic E-state index is -0.994. The molecule has 1 aliphatic heterocycles.